The van der Waals surface area contributed by atoms with Crippen LogP contribution in [0.25, 0.3) is 10.9 Å². The molecular formula is C9H10BrNO2S. The van der Waals surface area contributed by atoms with E-state index in [1.54, 1.807) is 12.1 Å². The predicted molar refractivity (Wildman–Crippen MR) is 63.0 cm³/mol. The van der Waals surface area contributed by atoms with Gasteiger partial charge in [-0.2, -0.15) is 10.6 Å². The first-order valence-corrected chi connectivity index (χ1v) is 6.73. The Labute approximate surface area is 91.6 Å². The van der Waals surface area contributed by atoms with Gasteiger partial charge in [-0.15, -0.1) is 0 Å². The van der Waals surface area contributed by atoms with Crippen molar-refractivity contribution in [3.05, 3.63) is 28.9 Å². The van der Waals surface area contributed by atoms with Crippen molar-refractivity contribution in [3.8, 4) is 0 Å². The van der Waals surface area contributed by atoms with Crippen molar-refractivity contribution in [3.63, 3.8) is 0 Å². The molecule has 3 nitrogen and oxygen atoms in total. The molecule has 2 rings (SSSR count). The van der Waals surface area contributed by atoms with Crippen LogP contribution in [-0.2, 0) is 0 Å². The topological polar surface area (TPSA) is 56.2 Å². The summed E-state index contributed by atoms with van der Waals surface area (Å²) < 4.78 is 19.9. The quantitative estimate of drug-likeness (QED) is 0.744. The Morgan fingerprint density at radius 1 is 1.36 bits per heavy atom. The normalized spacial score (nSPS) is 13.4. The summed E-state index contributed by atoms with van der Waals surface area (Å²) in [5.41, 5.74) is 0.899. The maximum atomic E-state index is 9.51. The van der Waals surface area contributed by atoms with E-state index >= 15 is 0 Å². The number of hydrogen-bond acceptors (Lipinski definition) is 2. The Hall–Kier alpha value is -0.490. The summed E-state index contributed by atoms with van der Waals surface area (Å²) in [4.78, 5) is 3.58. The molecule has 1 aromatic heterocycles. The molecule has 0 fully saturated rings. The highest BCUT2D eigenvalue weighted by molar-refractivity contribution is 9.10. The minimum absolute atomic E-state index is 0.541. The summed E-state index contributed by atoms with van der Waals surface area (Å²) in [5.74, 6) is 0. The van der Waals surface area contributed by atoms with Gasteiger partial charge < -0.3 is 4.98 Å². The van der Waals surface area contributed by atoms with E-state index in [1.165, 1.54) is 6.26 Å². The first-order chi connectivity index (χ1) is 6.48. The lowest BCUT2D eigenvalue weighted by molar-refractivity contribution is 0.495. The van der Waals surface area contributed by atoms with E-state index in [2.05, 4.69) is 20.9 Å². The highest BCUT2D eigenvalue weighted by atomic mass is 79.9. The number of hydrogen-bond donors (Lipinski definition) is 3. The fourth-order valence-corrected chi connectivity index (χ4v) is 2.75. The molecule has 0 aliphatic heterocycles. The molecule has 0 amide bonds. The molecule has 76 valence electrons. The van der Waals surface area contributed by atoms with E-state index < -0.39 is 10.6 Å². The van der Waals surface area contributed by atoms with Crippen LogP contribution in [0.3, 0.4) is 0 Å². The molecule has 3 N–H and O–H groups in total. The molecule has 0 aliphatic carbocycles. The minimum atomic E-state index is -2.64. The molecule has 0 saturated heterocycles. The van der Waals surface area contributed by atoms with Gasteiger partial charge in [0.25, 0.3) is 0 Å². The Morgan fingerprint density at radius 3 is 2.71 bits per heavy atom. The first kappa shape index (κ1) is 10.0. The van der Waals surface area contributed by atoms with Crippen LogP contribution in [0.5, 0.6) is 0 Å². The van der Waals surface area contributed by atoms with E-state index in [4.69, 9.17) is 0 Å². The van der Waals surface area contributed by atoms with Gasteiger partial charge >= 0.3 is 0 Å². The molecule has 5 heteroatoms. The van der Waals surface area contributed by atoms with Crippen LogP contribution in [-0.4, -0.2) is 20.3 Å². The first-order valence-electron chi connectivity index (χ1n) is 3.98. The zero-order valence-electron chi connectivity index (χ0n) is 7.49. The maximum absolute atomic E-state index is 9.51. The van der Waals surface area contributed by atoms with E-state index in [-0.39, 0.29) is 0 Å². The lowest BCUT2D eigenvalue weighted by Crippen LogP contribution is -1.94. The molecule has 0 radical (unpaired) electrons. The molecule has 1 heterocycles. The summed E-state index contributed by atoms with van der Waals surface area (Å²) in [6.45, 7) is 0. The predicted octanol–water partition coefficient (Wildman–Crippen LogP) is 3.67. The number of H-pyrrole nitrogens is 1. The number of aromatic amines is 1. The van der Waals surface area contributed by atoms with Gasteiger partial charge in [0, 0.05) is 27.8 Å². The molecule has 0 spiro atoms. The average molecular weight is 276 g/mol. The summed E-state index contributed by atoms with van der Waals surface area (Å²) >= 11 is 3.39. The van der Waals surface area contributed by atoms with Gasteiger partial charge in [0.1, 0.15) is 0 Å². The molecule has 1 aromatic carbocycles. The van der Waals surface area contributed by atoms with Crippen LogP contribution in [0.15, 0.2) is 33.8 Å². The van der Waals surface area contributed by atoms with Crippen molar-refractivity contribution in [2.45, 2.75) is 4.90 Å². The van der Waals surface area contributed by atoms with Crippen LogP contribution in [0.4, 0.5) is 0 Å². The van der Waals surface area contributed by atoms with Gasteiger partial charge in [0.2, 0.25) is 0 Å². The summed E-state index contributed by atoms with van der Waals surface area (Å²) in [6, 6.07) is 5.44. The van der Waals surface area contributed by atoms with Gasteiger partial charge in [-0.1, -0.05) is 15.9 Å². The largest absolute Gasteiger partial charge is 0.361 e. The van der Waals surface area contributed by atoms with Gasteiger partial charge in [-0.05, 0) is 18.2 Å². The Morgan fingerprint density at radius 2 is 2.07 bits per heavy atom. The van der Waals surface area contributed by atoms with E-state index in [1.807, 2.05) is 12.3 Å². The monoisotopic (exact) mass is 275 g/mol. The second-order valence-corrected chi connectivity index (χ2v) is 6.17. The molecular weight excluding hydrogens is 266 g/mol. The van der Waals surface area contributed by atoms with E-state index in [9.17, 15) is 9.11 Å². The smallest absolute Gasteiger partial charge is 0.0613 e. The van der Waals surface area contributed by atoms with E-state index in [0.29, 0.717) is 4.90 Å². The number of aromatic nitrogens is 1. The molecule has 0 unspecified atom stereocenters. The molecule has 0 aliphatic rings. The lowest BCUT2D eigenvalue weighted by Gasteiger charge is -2.27. The van der Waals surface area contributed by atoms with Crippen LogP contribution >= 0.6 is 26.5 Å². The molecule has 0 saturated carbocycles. The number of rotatable bonds is 1. The van der Waals surface area contributed by atoms with Crippen molar-refractivity contribution in [1.29, 1.82) is 0 Å². The van der Waals surface area contributed by atoms with Crippen LogP contribution < -0.4 is 0 Å². The van der Waals surface area contributed by atoms with E-state index in [0.717, 1.165) is 15.4 Å². The Balaban J connectivity index is 2.70. The summed E-state index contributed by atoms with van der Waals surface area (Å²) in [7, 11) is -2.64. The standard InChI is InChI=1S/C9H10BrNO2S/c1-14(12,13)6-4-8(10)7-2-3-11-9(7)5-6/h2-5,11-13H,1H3. The van der Waals surface area contributed by atoms with Crippen molar-refractivity contribution in [2.24, 2.45) is 0 Å². The average Bonchev–Trinajstić information content (AvgIpc) is 2.50. The fourth-order valence-electron chi connectivity index (χ4n) is 1.32. The third-order valence-corrected chi connectivity index (χ3v) is 3.82. The molecule has 0 atom stereocenters. The number of benzene rings is 1. The Kier molecular flexibility index (Phi) is 2.35. The number of halogens is 1. The van der Waals surface area contributed by atoms with Crippen molar-refractivity contribution in [1.82, 2.24) is 4.98 Å². The second-order valence-electron chi connectivity index (χ2n) is 3.18. The zero-order chi connectivity index (χ0) is 10.3. The maximum Gasteiger partial charge on any atom is 0.0613 e. The third kappa shape index (κ3) is 1.68. The minimum Gasteiger partial charge on any atom is -0.361 e. The fraction of sp³-hybridized carbons (Fsp3) is 0.111. The molecule has 14 heavy (non-hydrogen) atoms. The van der Waals surface area contributed by atoms with Crippen molar-refractivity contribution < 1.29 is 9.11 Å². The lowest BCUT2D eigenvalue weighted by atomic mass is 10.2. The summed E-state index contributed by atoms with van der Waals surface area (Å²) in [6.07, 6.45) is 3.24. The van der Waals surface area contributed by atoms with Crippen molar-refractivity contribution >= 4 is 37.4 Å². The second kappa shape index (κ2) is 3.27. The zero-order valence-corrected chi connectivity index (χ0v) is 9.89. The summed E-state index contributed by atoms with van der Waals surface area (Å²) in [5, 5.41) is 1.04. The van der Waals surface area contributed by atoms with Gasteiger partial charge in [-0.3, -0.25) is 9.11 Å². The van der Waals surface area contributed by atoms with Gasteiger partial charge in [0.05, 0.1) is 4.90 Å². The van der Waals surface area contributed by atoms with Gasteiger partial charge in [0.15, 0.2) is 0 Å². The SMILES string of the molecule is CS(O)(O)c1cc(Br)c2cc[nH]c2c1. The highest BCUT2D eigenvalue weighted by Gasteiger charge is 2.11. The number of nitrogens with one attached hydrogen (secondary N) is 1. The molecule has 0 bridgehead atoms. The Bertz CT molecular complexity index is 475. The number of fused-ring (bicyclic) bond motifs is 1. The third-order valence-electron chi connectivity index (χ3n) is 2.04. The highest BCUT2D eigenvalue weighted by Crippen LogP contribution is 2.46. The van der Waals surface area contributed by atoms with Crippen LogP contribution in [0.2, 0.25) is 0 Å². The van der Waals surface area contributed by atoms with Crippen LogP contribution in [0, 0.1) is 0 Å². The van der Waals surface area contributed by atoms with Crippen LogP contribution in [0.1, 0.15) is 0 Å². The van der Waals surface area contributed by atoms with Crippen molar-refractivity contribution in [2.75, 3.05) is 6.26 Å². The van der Waals surface area contributed by atoms with Gasteiger partial charge in [-0.25, -0.2) is 0 Å². The molecule has 2 aromatic rings.